The normalized spacial score (nSPS) is 10.7. The second kappa shape index (κ2) is 5.84. The first-order chi connectivity index (χ1) is 10.2. The van der Waals surface area contributed by atoms with E-state index in [2.05, 4.69) is 15.6 Å². The van der Waals surface area contributed by atoms with Crippen LogP contribution in [0.5, 0.6) is 0 Å². The summed E-state index contributed by atoms with van der Waals surface area (Å²) in [6.45, 7) is 0.918. The van der Waals surface area contributed by atoms with Crippen LogP contribution in [-0.2, 0) is 6.54 Å². The number of carbonyl (C=O) groups excluding carboxylic acids is 1. The maximum absolute atomic E-state index is 11.9. The van der Waals surface area contributed by atoms with E-state index in [9.17, 15) is 4.79 Å². The maximum atomic E-state index is 11.9. The van der Waals surface area contributed by atoms with Gasteiger partial charge in [-0.1, -0.05) is 16.8 Å². The Labute approximate surface area is 124 Å². The van der Waals surface area contributed by atoms with Crippen molar-refractivity contribution in [3.63, 3.8) is 0 Å². The number of rotatable bonds is 5. The minimum atomic E-state index is -0.324. The van der Waals surface area contributed by atoms with Gasteiger partial charge < -0.3 is 14.3 Å². The van der Waals surface area contributed by atoms with Crippen LogP contribution in [0.4, 0.5) is 0 Å². The van der Waals surface area contributed by atoms with Gasteiger partial charge in [0, 0.05) is 18.8 Å². The van der Waals surface area contributed by atoms with Crippen LogP contribution in [0.25, 0.3) is 11.5 Å². The molecule has 0 radical (unpaired) electrons. The van der Waals surface area contributed by atoms with Gasteiger partial charge in [-0.2, -0.15) is 5.10 Å². The molecule has 3 aromatic heterocycles. The monoisotopic (exact) mass is 306 g/mol. The van der Waals surface area contributed by atoms with E-state index in [1.54, 1.807) is 29.1 Å². The molecule has 0 aliphatic rings. The molecule has 0 atom stereocenters. The fraction of sp³-hybridized carbons (Fsp3) is 0.154. The SMILES string of the molecule is O=C(NCCn1ccc(Cl)n1)c1cc(-c2ccco2)on1. The largest absolute Gasteiger partial charge is 0.461 e. The van der Waals surface area contributed by atoms with Crippen LogP contribution in [0.3, 0.4) is 0 Å². The second-order valence-electron chi connectivity index (χ2n) is 4.21. The Bertz CT molecular complexity index is 732. The standard InChI is InChI=1S/C13H11ClN4O3/c14-12-3-5-18(16-12)6-4-15-13(19)9-8-11(21-17-9)10-2-1-7-20-10/h1-3,5,7-8H,4,6H2,(H,15,19). The summed E-state index contributed by atoms with van der Waals surface area (Å²) in [6.07, 6.45) is 3.26. The molecule has 0 fully saturated rings. The summed E-state index contributed by atoms with van der Waals surface area (Å²) < 4.78 is 11.9. The Morgan fingerprint density at radius 2 is 2.29 bits per heavy atom. The summed E-state index contributed by atoms with van der Waals surface area (Å²) in [5.41, 5.74) is 0.194. The molecule has 0 unspecified atom stereocenters. The zero-order valence-corrected chi connectivity index (χ0v) is 11.6. The van der Waals surface area contributed by atoms with Crippen LogP contribution in [0, 0.1) is 0 Å². The fourth-order valence-electron chi connectivity index (χ4n) is 1.75. The quantitative estimate of drug-likeness (QED) is 0.781. The molecule has 7 nitrogen and oxygen atoms in total. The number of hydrogen-bond donors (Lipinski definition) is 1. The first-order valence-electron chi connectivity index (χ1n) is 6.20. The smallest absolute Gasteiger partial charge is 0.273 e. The van der Waals surface area contributed by atoms with Crippen LogP contribution >= 0.6 is 11.6 Å². The highest BCUT2D eigenvalue weighted by Crippen LogP contribution is 2.20. The van der Waals surface area contributed by atoms with Gasteiger partial charge in [0.1, 0.15) is 0 Å². The van der Waals surface area contributed by atoms with Crippen LogP contribution in [0.2, 0.25) is 5.15 Å². The number of carbonyl (C=O) groups is 1. The molecule has 8 heteroatoms. The van der Waals surface area contributed by atoms with Crippen LogP contribution in [0.1, 0.15) is 10.5 Å². The molecule has 0 spiro atoms. The van der Waals surface area contributed by atoms with E-state index in [1.807, 2.05) is 0 Å². The van der Waals surface area contributed by atoms with E-state index >= 15 is 0 Å². The summed E-state index contributed by atoms with van der Waals surface area (Å²) in [5.74, 6) is 0.603. The summed E-state index contributed by atoms with van der Waals surface area (Å²) in [7, 11) is 0. The van der Waals surface area contributed by atoms with Crippen molar-refractivity contribution in [2.45, 2.75) is 6.54 Å². The summed E-state index contributed by atoms with van der Waals surface area (Å²) in [5, 5.41) is 10.9. The van der Waals surface area contributed by atoms with Gasteiger partial charge >= 0.3 is 0 Å². The highest BCUT2D eigenvalue weighted by Gasteiger charge is 2.14. The van der Waals surface area contributed by atoms with Gasteiger partial charge in [0.2, 0.25) is 5.76 Å². The Morgan fingerprint density at radius 3 is 3.00 bits per heavy atom. The topological polar surface area (TPSA) is 86.1 Å². The van der Waals surface area contributed by atoms with Crippen molar-refractivity contribution in [1.29, 1.82) is 0 Å². The highest BCUT2D eigenvalue weighted by molar-refractivity contribution is 6.29. The first-order valence-corrected chi connectivity index (χ1v) is 6.58. The number of nitrogens with zero attached hydrogens (tertiary/aromatic N) is 3. The zero-order chi connectivity index (χ0) is 14.7. The van der Waals surface area contributed by atoms with E-state index in [1.165, 1.54) is 12.3 Å². The van der Waals surface area contributed by atoms with Crippen molar-refractivity contribution in [2.75, 3.05) is 6.54 Å². The molecule has 1 N–H and O–H groups in total. The molecule has 21 heavy (non-hydrogen) atoms. The predicted molar refractivity (Wildman–Crippen MR) is 73.8 cm³/mol. The number of nitrogens with one attached hydrogen (secondary N) is 1. The third kappa shape index (κ3) is 3.14. The Kier molecular flexibility index (Phi) is 3.74. The molecule has 0 saturated heterocycles. The van der Waals surface area contributed by atoms with Crippen molar-refractivity contribution in [3.05, 3.63) is 47.6 Å². The molecule has 108 valence electrons. The van der Waals surface area contributed by atoms with Crippen molar-refractivity contribution in [3.8, 4) is 11.5 Å². The van der Waals surface area contributed by atoms with Crippen LogP contribution in [0.15, 0.2) is 45.7 Å². The number of aromatic nitrogens is 3. The van der Waals surface area contributed by atoms with Gasteiger partial charge in [0.05, 0.1) is 12.8 Å². The van der Waals surface area contributed by atoms with Crippen LogP contribution in [-0.4, -0.2) is 27.4 Å². The third-order valence-corrected chi connectivity index (χ3v) is 2.94. The third-order valence-electron chi connectivity index (χ3n) is 2.74. The lowest BCUT2D eigenvalue weighted by atomic mass is 10.3. The van der Waals surface area contributed by atoms with Crippen molar-refractivity contribution < 1.29 is 13.7 Å². The van der Waals surface area contributed by atoms with E-state index in [4.69, 9.17) is 20.5 Å². The van der Waals surface area contributed by atoms with E-state index in [0.29, 0.717) is 29.8 Å². The highest BCUT2D eigenvalue weighted by atomic mass is 35.5. The molecular formula is C13H11ClN4O3. The number of furan rings is 1. The summed E-state index contributed by atoms with van der Waals surface area (Å²) in [6, 6.07) is 6.66. The van der Waals surface area contributed by atoms with Gasteiger partial charge in [-0.15, -0.1) is 0 Å². The van der Waals surface area contributed by atoms with Crippen molar-refractivity contribution in [2.24, 2.45) is 0 Å². The average Bonchev–Trinajstić information content (AvgIpc) is 3.19. The fourth-order valence-corrected chi connectivity index (χ4v) is 1.91. The molecule has 0 aliphatic carbocycles. The summed E-state index contributed by atoms with van der Waals surface area (Å²) >= 11 is 5.70. The van der Waals surface area contributed by atoms with Crippen molar-refractivity contribution >= 4 is 17.5 Å². The number of hydrogen-bond acceptors (Lipinski definition) is 5. The lowest BCUT2D eigenvalue weighted by Crippen LogP contribution is -2.27. The molecule has 3 rings (SSSR count). The Hall–Kier alpha value is -2.54. The van der Waals surface area contributed by atoms with E-state index < -0.39 is 0 Å². The molecule has 0 saturated carbocycles. The zero-order valence-electron chi connectivity index (χ0n) is 10.8. The first kappa shape index (κ1) is 13.4. The van der Waals surface area contributed by atoms with Gasteiger partial charge in [0.15, 0.2) is 16.6 Å². The molecular weight excluding hydrogens is 296 g/mol. The molecule has 1 amide bonds. The Morgan fingerprint density at radius 1 is 1.38 bits per heavy atom. The Balaban J connectivity index is 1.56. The van der Waals surface area contributed by atoms with E-state index in [-0.39, 0.29) is 11.6 Å². The minimum absolute atomic E-state index is 0.194. The lowest BCUT2D eigenvalue weighted by Gasteiger charge is -2.02. The molecule has 3 heterocycles. The second-order valence-corrected chi connectivity index (χ2v) is 4.60. The molecule has 3 aromatic rings. The van der Waals surface area contributed by atoms with Gasteiger partial charge in [-0.25, -0.2) is 0 Å². The van der Waals surface area contributed by atoms with Crippen LogP contribution < -0.4 is 5.32 Å². The van der Waals surface area contributed by atoms with Gasteiger partial charge in [-0.3, -0.25) is 9.48 Å². The number of halogens is 1. The molecule has 0 bridgehead atoms. The summed E-state index contributed by atoms with van der Waals surface area (Å²) in [4.78, 5) is 11.9. The lowest BCUT2D eigenvalue weighted by molar-refractivity contribution is 0.0943. The molecule has 0 aliphatic heterocycles. The van der Waals surface area contributed by atoms with E-state index in [0.717, 1.165) is 0 Å². The number of amides is 1. The maximum Gasteiger partial charge on any atom is 0.273 e. The predicted octanol–water partition coefficient (Wildman–Crippen LogP) is 2.21. The van der Waals surface area contributed by atoms with Crippen molar-refractivity contribution in [1.82, 2.24) is 20.3 Å². The van der Waals surface area contributed by atoms with Gasteiger partial charge in [-0.05, 0) is 18.2 Å². The minimum Gasteiger partial charge on any atom is -0.461 e. The average molecular weight is 307 g/mol. The molecule has 0 aromatic carbocycles. The van der Waals surface area contributed by atoms with Gasteiger partial charge in [0.25, 0.3) is 5.91 Å².